The van der Waals surface area contributed by atoms with Crippen LogP contribution in [-0.2, 0) is 47.6 Å². The van der Waals surface area contributed by atoms with Crippen molar-refractivity contribution < 1.29 is 52.7 Å². The molecule has 0 aromatic rings. The lowest BCUT2D eigenvalue weighted by Gasteiger charge is -2.50. The highest BCUT2D eigenvalue weighted by Crippen LogP contribution is 2.76. The van der Waals surface area contributed by atoms with Crippen molar-refractivity contribution in [3.05, 3.63) is 0 Å². The summed E-state index contributed by atoms with van der Waals surface area (Å²) >= 11 is 0. The van der Waals surface area contributed by atoms with E-state index in [-0.39, 0.29) is 31.1 Å². The zero-order chi connectivity index (χ0) is 28.2. The van der Waals surface area contributed by atoms with Gasteiger partial charge in [-0.1, -0.05) is 6.92 Å². The van der Waals surface area contributed by atoms with Gasteiger partial charge in [-0.05, 0) is 47.0 Å². The first-order valence-corrected chi connectivity index (χ1v) is 14.6. The largest absolute Gasteiger partial charge is 0.459 e. The van der Waals surface area contributed by atoms with Gasteiger partial charge in [-0.3, -0.25) is 19.2 Å². The summed E-state index contributed by atoms with van der Waals surface area (Å²) in [5.74, 6) is -6.31. The third kappa shape index (κ3) is 2.20. The number of carbonyl (C=O) groups excluding carboxylic acids is 4. The number of rotatable bonds is 0. The average molecular weight is 559 g/mol. The van der Waals surface area contributed by atoms with Crippen molar-refractivity contribution >= 4 is 23.5 Å². The predicted molar refractivity (Wildman–Crippen MR) is 128 cm³/mol. The third-order valence-corrected chi connectivity index (χ3v) is 12.7. The smallest absolute Gasteiger partial charge is 0.311 e. The Morgan fingerprint density at radius 3 is 2.40 bits per heavy atom. The molecule has 0 amide bonds. The van der Waals surface area contributed by atoms with Crippen molar-refractivity contribution in [2.45, 2.75) is 125 Å². The molecule has 0 radical (unpaired) electrons. The predicted octanol–water partition coefficient (Wildman–Crippen LogP) is 0.758. The monoisotopic (exact) mass is 558 g/mol. The fraction of sp³-hybridized carbons (Fsp3) is 0.862. The Kier molecular flexibility index (Phi) is 3.92. The van der Waals surface area contributed by atoms with Gasteiger partial charge >= 0.3 is 11.9 Å². The number of Topliss-reactive ketones (excluding diaryl/α,β-unsaturated/α-hetero) is 2. The van der Waals surface area contributed by atoms with Crippen LogP contribution in [-0.4, -0.2) is 86.8 Å². The van der Waals surface area contributed by atoms with E-state index in [1.165, 1.54) is 6.92 Å². The summed E-state index contributed by atoms with van der Waals surface area (Å²) in [5.41, 5.74) is -7.27. The average Bonchev–Trinajstić information content (AvgIpc) is 3.32. The first kappa shape index (κ1) is 24.7. The molecule has 0 unspecified atom stereocenters. The van der Waals surface area contributed by atoms with Crippen molar-refractivity contribution in [1.82, 2.24) is 0 Å². The zero-order valence-electron chi connectivity index (χ0n) is 23.2. The van der Waals surface area contributed by atoms with Gasteiger partial charge in [0.05, 0.1) is 24.0 Å². The Labute approximate surface area is 230 Å². The van der Waals surface area contributed by atoms with E-state index in [0.29, 0.717) is 12.8 Å². The number of aliphatic hydroxyl groups is 1. The standard InChI is InChI=1S/C29H34O11/c1-11-17-18(35-20(11)31)16-19-24(4,21(32)25(16,5)34)6-7-26-10-27-12(23(2,3)36-13(27)9-15(30)38-27)8-14-28(26,37-14)22(33)29(19,39-17)40-26/h11-14,16-19,34H,6-10H2,1-5H3/t11-,12-,13+,14-,16+,17+,18+,19-,24-,25-,26-,27+,28+,29-/m0/s1. The van der Waals surface area contributed by atoms with Gasteiger partial charge in [0.15, 0.2) is 11.4 Å². The van der Waals surface area contributed by atoms with Crippen molar-refractivity contribution in [3.63, 3.8) is 0 Å². The van der Waals surface area contributed by atoms with E-state index in [2.05, 4.69) is 0 Å². The van der Waals surface area contributed by atoms with E-state index in [1.807, 2.05) is 13.8 Å². The molecule has 9 rings (SSSR count). The number of fused-ring (bicyclic) bond motifs is 2. The minimum absolute atomic E-state index is 0.120. The second kappa shape index (κ2) is 6.37. The summed E-state index contributed by atoms with van der Waals surface area (Å²) in [6.45, 7) is 8.85. The van der Waals surface area contributed by atoms with Gasteiger partial charge in [-0.15, -0.1) is 0 Å². The van der Waals surface area contributed by atoms with Crippen LogP contribution >= 0.6 is 0 Å². The van der Waals surface area contributed by atoms with Gasteiger partial charge in [0.25, 0.3) is 0 Å². The maximum absolute atomic E-state index is 15.0. The molecule has 2 aliphatic carbocycles. The van der Waals surface area contributed by atoms with Gasteiger partial charge in [0.1, 0.15) is 35.1 Å². The minimum atomic E-state index is -1.93. The second-order valence-electron chi connectivity index (χ2n) is 14.9. The summed E-state index contributed by atoms with van der Waals surface area (Å²) < 4.78 is 38.5. The van der Waals surface area contributed by atoms with Crippen LogP contribution in [0.1, 0.15) is 66.7 Å². The Bertz CT molecular complexity index is 1350. The summed E-state index contributed by atoms with van der Waals surface area (Å²) in [7, 11) is 0. The molecule has 2 bridgehead atoms. The highest BCUT2D eigenvalue weighted by Gasteiger charge is 2.93. The van der Waals surface area contributed by atoms with E-state index >= 15 is 0 Å². The molecule has 4 spiro atoms. The molecule has 9 fully saturated rings. The second-order valence-corrected chi connectivity index (χ2v) is 14.9. The van der Waals surface area contributed by atoms with Gasteiger partial charge in [0.2, 0.25) is 11.6 Å². The Morgan fingerprint density at radius 1 is 0.900 bits per heavy atom. The Morgan fingerprint density at radius 2 is 1.65 bits per heavy atom. The van der Waals surface area contributed by atoms with Crippen LogP contribution in [0.3, 0.4) is 0 Å². The van der Waals surface area contributed by atoms with Gasteiger partial charge in [-0.2, -0.15) is 0 Å². The lowest BCUT2D eigenvalue weighted by Crippen LogP contribution is -2.65. The summed E-state index contributed by atoms with van der Waals surface area (Å²) in [4.78, 5) is 54.6. The molecule has 1 N–H and O–H groups in total. The zero-order valence-corrected chi connectivity index (χ0v) is 23.2. The number of ether oxygens (including phenoxy) is 6. The summed E-state index contributed by atoms with van der Waals surface area (Å²) in [6, 6.07) is 0. The van der Waals surface area contributed by atoms with E-state index in [1.54, 1.807) is 13.8 Å². The van der Waals surface area contributed by atoms with Crippen LogP contribution in [0.25, 0.3) is 0 Å². The van der Waals surface area contributed by atoms with E-state index in [4.69, 9.17) is 28.4 Å². The molecule has 2 saturated carbocycles. The van der Waals surface area contributed by atoms with E-state index in [9.17, 15) is 24.3 Å². The van der Waals surface area contributed by atoms with Gasteiger partial charge in [0, 0.05) is 29.6 Å². The van der Waals surface area contributed by atoms with E-state index in [0.717, 1.165) is 0 Å². The Balaban J connectivity index is 1.26. The summed E-state index contributed by atoms with van der Waals surface area (Å²) in [6.07, 6.45) is -1.48. The molecule has 0 aromatic heterocycles. The number of ketones is 2. The molecule has 9 aliphatic rings. The van der Waals surface area contributed by atoms with Crippen LogP contribution in [0.5, 0.6) is 0 Å². The first-order chi connectivity index (χ1) is 18.6. The molecule has 11 nitrogen and oxygen atoms in total. The first-order valence-electron chi connectivity index (χ1n) is 14.6. The normalized spacial score (nSPS) is 63.2. The van der Waals surface area contributed by atoms with Crippen molar-refractivity contribution in [3.8, 4) is 0 Å². The van der Waals surface area contributed by atoms with Gasteiger partial charge < -0.3 is 33.5 Å². The fourth-order valence-electron chi connectivity index (χ4n) is 11.1. The molecule has 40 heavy (non-hydrogen) atoms. The highest BCUT2D eigenvalue weighted by atomic mass is 16.8. The lowest BCUT2D eigenvalue weighted by molar-refractivity contribution is -0.336. The van der Waals surface area contributed by atoms with Crippen LogP contribution in [0.15, 0.2) is 0 Å². The molecule has 7 aliphatic heterocycles. The van der Waals surface area contributed by atoms with E-state index < -0.39 is 98.9 Å². The van der Waals surface area contributed by atoms with Crippen LogP contribution < -0.4 is 0 Å². The lowest BCUT2D eigenvalue weighted by atomic mass is 9.60. The molecular formula is C29H34O11. The van der Waals surface area contributed by atoms with Gasteiger partial charge in [-0.25, -0.2) is 0 Å². The van der Waals surface area contributed by atoms with Crippen molar-refractivity contribution in [2.75, 3.05) is 0 Å². The SMILES string of the molecule is C[C@@H]1C(=O)O[C@H]2[C@@H]1O[C@]13O[C@@]4(CC[C@]5(C)C(=O)[C@@](C)(O)[C@H]2[C@H]15)C[C@]12OC(=O)C[C@H]1OC(C)(C)[C@@H]2C[C@@H]1O[C@@]14C3=O. The van der Waals surface area contributed by atoms with Crippen LogP contribution in [0, 0.1) is 29.1 Å². The maximum atomic E-state index is 15.0. The van der Waals surface area contributed by atoms with Crippen molar-refractivity contribution in [1.29, 1.82) is 0 Å². The number of epoxide rings is 1. The number of hydrogen-bond acceptors (Lipinski definition) is 11. The van der Waals surface area contributed by atoms with Crippen molar-refractivity contribution in [2.24, 2.45) is 29.1 Å². The quantitative estimate of drug-likeness (QED) is 0.332. The fourth-order valence-corrected chi connectivity index (χ4v) is 11.1. The number of carbonyl (C=O) groups is 4. The third-order valence-electron chi connectivity index (χ3n) is 12.7. The topological polar surface area (TPSA) is 147 Å². The number of esters is 2. The molecule has 7 heterocycles. The molecular weight excluding hydrogens is 524 g/mol. The Hall–Kier alpha value is -1.92. The molecule has 216 valence electrons. The molecule has 14 atom stereocenters. The highest BCUT2D eigenvalue weighted by molar-refractivity contribution is 6.04. The maximum Gasteiger partial charge on any atom is 0.311 e. The molecule has 11 heteroatoms. The van der Waals surface area contributed by atoms with Crippen LogP contribution in [0.4, 0.5) is 0 Å². The summed E-state index contributed by atoms with van der Waals surface area (Å²) in [5, 5.41) is 11.7. The minimum Gasteiger partial charge on any atom is -0.459 e. The van der Waals surface area contributed by atoms with Crippen LogP contribution in [0.2, 0.25) is 0 Å². The number of hydrogen-bond donors (Lipinski definition) is 1. The molecule has 0 aromatic carbocycles. The molecule has 7 saturated heterocycles.